The SMILES string of the molecule is NCCN1CCC2(CCCOC2)OC1=O. The highest BCUT2D eigenvalue weighted by atomic mass is 16.6. The Labute approximate surface area is 89.5 Å². The van der Waals surface area contributed by atoms with E-state index < -0.39 is 0 Å². The van der Waals surface area contributed by atoms with Crippen molar-refractivity contribution in [2.75, 3.05) is 32.8 Å². The molecule has 0 aliphatic carbocycles. The zero-order valence-corrected chi connectivity index (χ0v) is 8.91. The molecular weight excluding hydrogens is 196 g/mol. The van der Waals surface area contributed by atoms with Crippen LogP contribution in [0.5, 0.6) is 0 Å². The third-order valence-corrected chi connectivity index (χ3v) is 3.08. The largest absolute Gasteiger partial charge is 0.440 e. The van der Waals surface area contributed by atoms with Gasteiger partial charge in [0.1, 0.15) is 5.60 Å². The first-order valence-electron chi connectivity index (χ1n) is 5.51. The number of hydrogen-bond donors (Lipinski definition) is 1. The molecule has 2 rings (SSSR count). The second-order valence-electron chi connectivity index (χ2n) is 4.23. The maximum Gasteiger partial charge on any atom is 0.410 e. The Balaban J connectivity index is 1.94. The van der Waals surface area contributed by atoms with E-state index in [4.69, 9.17) is 15.2 Å². The molecule has 2 N–H and O–H groups in total. The van der Waals surface area contributed by atoms with Gasteiger partial charge < -0.3 is 20.1 Å². The first kappa shape index (κ1) is 10.7. The zero-order chi connectivity index (χ0) is 10.7. The third-order valence-electron chi connectivity index (χ3n) is 3.08. The summed E-state index contributed by atoms with van der Waals surface area (Å²) in [6, 6.07) is 0. The van der Waals surface area contributed by atoms with Crippen molar-refractivity contribution in [2.24, 2.45) is 5.73 Å². The van der Waals surface area contributed by atoms with Gasteiger partial charge in [-0.25, -0.2) is 4.79 Å². The summed E-state index contributed by atoms with van der Waals surface area (Å²) >= 11 is 0. The van der Waals surface area contributed by atoms with E-state index in [0.29, 0.717) is 19.7 Å². The number of carbonyl (C=O) groups excluding carboxylic acids is 1. The Morgan fingerprint density at radius 1 is 1.47 bits per heavy atom. The maximum atomic E-state index is 11.7. The molecule has 2 aliphatic rings. The van der Waals surface area contributed by atoms with Gasteiger partial charge >= 0.3 is 6.09 Å². The molecule has 5 nitrogen and oxygen atoms in total. The number of rotatable bonds is 2. The average Bonchev–Trinajstić information content (AvgIpc) is 2.24. The van der Waals surface area contributed by atoms with Crippen LogP contribution < -0.4 is 5.73 Å². The lowest BCUT2D eigenvalue weighted by atomic mass is 9.91. The second-order valence-corrected chi connectivity index (χ2v) is 4.23. The molecule has 2 heterocycles. The van der Waals surface area contributed by atoms with Gasteiger partial charge in [-0.1, -0.05) is 0 Å². The summed E-state index contributed by atoms with van der Waals surface area (Å²) in [7, 11) is 0. The summed E-state index contributed by atoms with van der Waals surface area (Å²) in [4.78, 5) is 13.3. The lowest BCUT2D eigenvalue weighted by molar-refractivity contribution is -0.122. The van der Waals surface area contributed by atoms with Gasteiger partial charge in [0, 0.05) is 32.7 Å². The van der Waals surface area contributed by atoms with Gasteiger partial charge in [0.05, 0.1) is 6.61 Å². The molecule has 1 amide bonds. The Morgan fingerprint density at radius 3 is 2.93 bits per heavy atom. The van der Waals surface area contributed by atoms with Crippen LogP contribution in [0.2, 0.25) is 0 Å². The smallest absolute Gasteiger partial charge is 0.410 e. The van der Waals surface area contributed by atoms with Crippen LogP contribution in [0.25, 0.3) is 0 Å². The molecule has 1 atom stereocenters. The van der Waals surface area contributed by atoms with Gasteiger partial charge in [0.15, 0.2) is 0 Å². The first-order valence-corrected chi connectivity index (χ1v) is 5.51. The fourth-order valence-electron chi connectivity index (χ4n) is 2.19. The van der Waals surface area contributed by atoms with Crippen LogP contribution in [0.3, 0.4) is 0 Å². The molecule has 0 radical (unpaired) electrons. The van der Waals surface area contributed by atoms with Crippen molar-refractivity contribution < 1.29 is 14.3 Å². The van der Waals surface area contributed by atoms with E-state index in [2.05, 4.69) is 0 Å². The van der Waals surface area contributed by atoms with Crippen LogP contribution in [0.15, 0.2) is 0 Å². The minimum atomic E-state index is -0.347. The number of hydrogen-bond acceptors (Lipinski definition) is 4. The van der Waals surface area contributed by atoms with Crippen LogP contribution in [0, 0.1) is 0 Å². The summed E-state index contributed by atoms with van der Waals surface area (Å²) in [5.74, 6) is 0. The summed E-state index contributed by atoms with van der Waals surface area (Å²) < 4.78 is 10.9. The molecule has 86 valence electrons. The molecule has 2 saturated heterocycles. The minimum Gasteiger partial charge on any atom is -0.440 e. The molecule has 0 aromatic rings. The molecule has 15 heavy (non-hydrogen) atoms. The number of nitrogens with zero attached hydrogens (tertiary/aromatic N) is 1. The lowest BCUT2D eigenvalue weighted by Crippen LogP contribution is -2.54. The van der Waals surface area contributed by atoms with E-state index >= 15 is 0 Å². The Bertz CT molecular complexity index is 239. The molecule has 0 aromatic carbocycles. The van der Waals surface area contributed by atoms with Gasteiger partial charge in [0.2, 0.25) is 0 Å². The van der Waals surface area contributed by atoms with Crippen molar-refractivity contribution in [1.29, 1.82) is 0 Å². The molecule has 5 heteroatoms. The molecule has 0 saturated carbocycles. The van der Waals surface area contributed by atoms with Crippen LogP contribution in [0.4, 0.5) is 4.79 Å². The average molecular weight is 214 g/mol. The van der Waals surface area contributed by atoms with Crippen LogP contribution in [-0.2, 0) is 9.47 Å². The number of carbonyl (C=O) groups is 1. The normalized spacial score (nSPS) is 31.8. The van der Waals surface area contributed by atoms with Crippen molar-refractivity contribution in [2.45, 2.75) is 24.9 Å². The maximum absolute atomic E-state index is 11.7. The third kappa shape index (κ3) is 2.23. The predicted molar refractivity (Wildman–Crippen MR) is 54.5 cm³/mol. The van der Waals surface area contributed by atoms with Gasteiger partial charge in [-0.15, -0.1) is 0 Å². The molecule has 2 fully saturated rings. The second kappa shape index (κ2) is 4.37. The number of nitrogens with two attached hydrogens (primary N) is 1. The van der Waals surface area contributed by atoms with Gasteiger partial charge in [0.25, 0.3) is 0 Å². The lowest BCUT2D eigenvalue weighted by Gasteiger charge is -2.42. The standard InChI is InChI=1S/C10H18N2O3/c11-4-6-12-5-3-10(15-9(12)13)2-1-7-14-8-10/h1-8,11H2. The first-order chi connectivity index (χ1) is 7.26. The van der Waals surface area contributed by atoms with Crippen molar-refractivity contribution in [3.63, 3.8) is 0 Å². The molecular formula is C10H18N2O3. The fourth-order valence-corrected chi connectivity index (χ4v) is 2.19. The molecule has 0 bridgehead atoms. The highest BCUT2D eigenvalue weighted by Gasteiger charge is 2.41. The molecule has 0 aromatic heterocycles. The van der Waals surface area contributed by atoms with Crippen LogP contribution in [-0.4, -0.2) is 49.4 Å². The highest BCUT2D eigenvalue weighted by Crippen LogP contribution is 2.31. The topological polar surface area (TPSA) is 64.8 Å². The Kier molecular flexibility index (Phi) is 3.11. The van der Waals surface area contributed by atoms with E-state index in [9.17, 15) is 4.79 Å². The van der Waals surface area contributed by atoms with Gasteiger partial charge in [-0.05, 0) is 12.8 Å². The van der Waals surface area contributed by atoms with Crippen molar-refractivity contribution >= 4 is 6.09 Å². The van der Waals surface area contributed by atoms with Gasteiger partial charge in [-0.2, -0.15) is 0 Å². The summed E-state index contributed by atoms with van der Waals surface area (Å²) in [6.07, 6.45) is 2.52. The Hall–Kier alpha value is -0.810. The summed E-state index contributed by atoms with van der Waals surface area (Å²) in [5.41, 5.74) is 5.07. The van der Waals surface area contributed by atoms with E-state index in [1.165, 1.54) is 0 Å². The monoisotopic (exact) mass is 214 g/mol. The van der Waals surface area contributed by atoms with E-state index in [1.54, 1.807) is 4.90 Å². The summed E-state index contributed by atoms with van der Waals surface area (Å²) in [5, 5.41) is 0. The quantitative estimate of drug-likeness (QED) is 0.719. The number of ether oxygens (including phenoxy) is 2. The molecule has 2 aliphatic heterocycles. The molecule has 1 unspecified atom stereocenters. The van der Waals surface area contributed by atoms with Crippen LogP contribution >= 0.6 is 0 Å². The molecule has 1 spiro atoms. The Morgan fingerprint density at radius 2 is 2.33 bits per heavy atom. The van der Waals surface area contributed by atoms with E-state index in [0.717, 1.165) is 32.4 Å². The van der Waals surface area contributed by atoms with Crippen molar-refractivity contribution in [3.05, 3.63) is 0 Å². The highest BCUT2D eigenvalue weighted by molar-refractivity contribution is 5.69. The number of amides is 1. The minimum absolute atomic E-state index is 0.239. The van der Waals surface area contributed by atoms with Crippen LogP contribution in [0.1, 0.15) is 19.3 Å². The zero-order valence-electron chi connectivity index (χ0n) is 8.91. The summed E-state index contributed by atoms with van der Waals surface area (Å²) in [6.45, 7) is 3.13. The van der Waals surface area contributed by atoms with E-state index in [-0.39, 0.29) is 11.7 Å². The fraction of sp³-hybridized carbons (Fsp3) is 0.900. The predicted octanol–water partition coefficient (Wildman–Crippen LogP) is 0.337. The van der Waals surface area contributed by atoms with Crippen molar-refractivity contribution in [1.82, 2.24) is 4.90 Å². The van der Waals surface area contributed by atoms with E-state index in [1.807, 2.05) is 0 Å². The van der Waals surface area contributed by atoms with Gasteiger partial charge in [-0.3, -0.25) is 0 Å². The van der Waals surface area contributed by atoms with Crippen molar-refractivity contribution in [3.8, 4) is 0 Å².